The molecule has 9 aromatic rings. The average molecular weight is 609 g/mol. The first kappa shape index (κ1) is 18.7. The number of nitrogens with zero attached hydrogens (tertiary/aromatic N) is 2. The summed E-state index contributed by atoms with van der Waals surface area (Å²) in [7, 11) is 0. The molecule has 0 N–H and O–H groups in total. The van der Waals surface area contributed by atoms with E-state index in [4.69, 9.17) is 18.7 Å². The van der Waals surface area contributed by atoms with Crippen molar-refractivity contribution >= 4 is 32.6 Å². The second-order valence-corrected chi connectivity index (χ2v) is 11.2. The standard InChI is InChI=1S/C45H30N2/c1-3-15-31(16-4-1)32-17-13-18-33(29-32)43-37-23-7-9-25-39(37)44(40-26-10-8-24-38(40)43)34-19-14-20-35(30-34)45-46-41-27-11-12-28-42(41)47(45)36-21-5-2-6-22-36/h1-30H/i1D,2D,3D,4D,5D,6D,15D,16D,21D,22D. The van der Waals surface area contributed by atoms with Crippen molar-refractivity contribution in [2.45, 2.75) is 0 Å². The molecule has 2 nitrogen and oxygen atoms in total. The van der Waals surface area contributed by atoms with E-state index in [-0.39, 0.29) is 47.5 Å². The van der Waals surface area contributed by atoms with Crippen LogP contribution in [0.3, 0.4) is 0 Å². The van der Waals surface area contributed by atoms with Crippen LogP contribution in [-0.4, -0.2) is 9.55 Å². The van der Waals surface area contributed by atoms with Crippen molar-refractivity contribution in [3.05, 3.63) is 182 Å². The minimum atomic E-state index is -0.468. The third-order valence-corrected chi connectivity index (χ3v) is 8.55. The second kappa shape index (κ2) is 11.3. The predicted molar refractivity (Wildman–Crippen MR) is 198 cm³/mol. The molecule has 0 spiro atoms. The van der Waals surface area contributed by atoms with E-state index in [9.17, 15) is 0 Å². The van der Waals surface area contributed by atoms with Crippen LogP contribution in [0.2, 0.25) is 0 Å². The van der Waals surface area contributed by atoms with E-state index >= 15 is 0 Å². The van der Waals surface area contributed by atoms with Crippen molar-refractivity contribution in [3.8, 4) is 50.5 Å². The summed E-state index contributed by atoms with van der Waals surface area (Å²) in [5, 5.41) is 3.80. The van der Waals surface area contributed by atoms with Crippen LogP contribution in [0.25, 0.3) is 83.0 Å². The van der Waals surface area contributed by atoms with Crippen molar-refractivity contribution < 1.29 is 13.7 Å². The summed E-state index contributed by atoms with van der Waals surface area (Å²) in [6.07, 6.45) is 0. The van der Waals surface area contributed by atoms with Crippen molar-refractivity contribution in [3.63, 3.8) is 0 Å². The van der Waals surface area contributed by atoms with Gasteiger partial charge in [-0.1, -0.05) is 145 Å². The molecule has 0 fully saturated rings. The summed E-state index contributed by atoms with van der Waals surface area (Å²) < 4.78 is 86.3. The molecule has 9 rings (SSSR count). The summed E-state index contributed by atoms with van der Waals surface area (Å²) in [6, 6.07) is 35.1. The van der Waals surface area contributed by atoms with Crippen LogP contribution in [0.5, 0.6) is 0 Å². The topological polar surface area (TPSA) is 17.8 Å². The Bertz CT molecular complexity index is 3040. The fourth-order valence-corrected chi connectivity index (χ4v) is 6.59. The maximum Gasteiger partial charge on any atom is 0.145 e. The Kier molecular flexibility index (Phi) is 4.48. The van der Waals surface area contributed by atoms with E-state index < -0.39 is 24.2 Å². The second-order valence-electron chi connectivity index (χ2n) is 11.2. The number of fused-ring (bicyclic) bond motifs is 3. The highest BCUT2D eigenvalue weighted by molar-refractivity contribution is 6.21. The summed E-state index contributed by atoms with van der Waals surface area (Å²) in [6.45, 7) is 0. The van der Waals surface area contributed by atoms with Crippen molar-refractivity contribution in [1.29, 1.82) is 0 Å². The van der Waals surface area contributed by atoms with Crippen LogP contribution >= 0.6 is 0 Å². The van der Waals surface area contributed by atoms with E-state index in [0.717, 1.165) is 43.8 Å². The molecule has 0 saturated carbocycles. The maximum atomic E-state index is 8.84. The van der Waals surface area contributed by atoms with Gasteiger partial charge in [0.2, 0.25) is 0 Å². The average Bonchev–Trinajstić information content (AvgIpc) is 3.62. The number of benzene rings is 8. The first-order valence-electron chi connectivity index (χ1n) is 20.2. The van der Waals surface area contributed by atoms with E-state index in [0.29, 0.717) is 28.0 Å². The summed E-state index contributed by atoms with van der Waals surface area (Å²) in [4.78, 5) is 4.96. The minimum Gasteiger partial charge on any atom is -0.292 e. The Morgan fingerprint density at radius 2 is 0.915 bits per heavy atom. The van der Waals surface area contributed by atoms with Gasteiger partial charge in [0, 0.05) is 11.3 Å². The lowest BCUT2D eigenvalue weighted by Crippen LogP contribution is -1.97. The van der Waals surface area contributed by atoms with Gasteiger partial charge in [0.25, 0.3) is 0 Å². The third kappa shape index (κ3) is 4.62. The molecule has 8 aromatic carbocycles. The van der Waals surface area contributed by atoms with E-state index in [1.54, 1.807) is 10.6 Å². The van der Waals surface area contributed by atoms with Crippen LogP contribution in [0.15, 0.2) is 182 Å². The Balaban J connectivity index is 1.28. The molecule has 1 aromatic heterocycles. The van der Waals surface area contributed by atoms with Gasteiger partial charge >= 0.3 is 0 Å². The van der Waals surface area contributed by atoms with Crippen molar-refractivity contribution in [1.82, 2.24) is 9.55 Å². The highest BCUT2D eigenvalue weighted by Crippen LogP contribution is 2.45. The van der Waals surface area contributed by atoms with Gasteiger partial charge in [-0.3, -0.25) is 4.57 Å². The molecule has 2 heteroatoms. The number of imidazole rings is 1. The Hall–Kier alpha value is -6.25. The van der Waals surface area contributed by atoms with Crippen molar-refractivity contribution in [2.75, 3.05) is 0 Å². The lowest BCUT2D eigenvalue weighted by atomic mass is 9.85. The largest absolute Gasteiger partial charge is 0.292 e. The lowest BCUT2D eigenvalue weighted by Gasteiger charge is -2.18. The Labute approximate surface area is 287 Å². The molecule has 0 amide bonds. The van der Waals surface area contributed by atoms with E-state index in [2.05, 4.69) is 24.3 Å². The molecule has 1 heterocycles. The fourth-order valence-electron chi connectivity index (χ4n) is 6.59. The number of rotatable bonds is 5. The van der Waals surface area contributed by atoms with Crippen LogP contribution in [0.1, 0.15) is 13.7 Å². The molecule has 220 valence electrons. The maximum absolute atomic E-state index is 8.84. The van der Waals surface area contributed by atoms with Gasteiger partial charge in [-0.15, -0.1) is 0 Å². The molecular weight excluding hydrogens is 569 g/mol. The number of hydrogen-bond donors (Lipinski definition) is 0. The first-order chi connectivity index (χ1) is 27.5. The minimum absolute atomic E-state index is 0.0150. The predicted octanol–water partition coefficient (Wildman–Crippen LogP) is 12.0. The quantitative estimate of drug-likeness (QED) is 0.178. The van der Waals surface area contributed by atoms with Crippen LogP contribution < -0.4 is 0 Å². The molecule has 0 bridgehead atoms. The molecule has 0 unspecified atom stereocenters. The van der Waals surface area contributed by atoms with Gasteiger partial charge < -0.3 is 0 Å². The lowest BCUT2D eigenvalue weighted by molar-refractivity contribution is 1.10. The molecule has 0 atom stereocenters. The van der Waals surface area contributed by atoms with Crippen molar-refractivity contribution in [2.24, 2.45) is 0 Å². The van der Waals surface area contributed by atoms with Gasteiger partial charge in [0.05, 0.1) is 24.7 Å². The number of para-hydroxylation sites is 3. The zero-order chi connectivity index (χ0) is 39.9. The van der Waals surface area contributed by atoms with Gasteiger partial charge in [-0.2, -0.15) is 0 Å². The first-order valence-corrected chi connectivity index (χ1v) is 15.2. The smallest absolute Gasteiger partial charge is 0.145 e. The SMILES string of the molecule is [2H]c1c([2H])c([2H])c(-c2cccc(-c3c4ccccc4c(-c4cccc(-c5nc6ccccc6n5-c5c([2H])c([2H])c([2H])c([2H])c5[2H])c4)c4ccccc34)c2)c([2H])c1[2H]. The molecule has 0 aliphatic heterocycles. The van der Waals surface area contributed by atoms with E-state index in [1.807, 2.05) is 91.0 Å². The molecular formula is C45H30N2. The zero-order valence-electron chi connectivity index (χ0n) is 34.9. The molecule has 0 aliphatic rings. The Morgan fingerprint density at radius 1 is 0.426 bits per heavy atom. The van der Waals surface area contributed by atoms with Crippen LogP contribution in [-0.2, 0) is 0 Å². The normalized spacial score (nSPS) is 14.4. The molecule has 0 saturated heterocycles. The van der Waals surface area contributed by atoms with Gasteiger partial charge in [-0.25, -0.2) is 4.98 Å². The Morgan fingerprint density at radius 3 is 1.53 bits per heavy atom. The van der Waals surface area contributed by atoms with Crippen LogP contribution in [0.4, 0.5) is 0 Å². The molecule has 47 heavy (non-hydrogen) atoms. The van der Waals surface area contributed by atoms with Gasteiger partial charge in [-0.05, 0) is 91.3 Å². The molecule has 0 radical (unpaired) electrons. The summed E-state index contributed by atoms with van der Waals surface area (Å²) in [5.41, 5.74) is 6.13. The number of aromatic nitrogens is 2. The van der Waals surface area contributed by atoms with E-state index in [1.165, 1.54) is 0 Å². The fraction of sp³-hybridized carbons (Fsp3) is 0. The van der Waals surface area contributed by atoms with Crippen LogP contribution in [0, 0.1) is 0 Å². The van der Waals surface area contributed by atoms with Gasteiger partial charge in [0.1, 0.15) is 5.82 Å². The summed E-state index contributed by atoms with van der Waals surface area (Å²) in [5.74, 6) is 0.422. The summed E-state index contributed by atoms with van der Waals surface area (Å²) >= 11 is 0. The van der Waals surface area contributed by atoms with Gasteiger partial charge in [0.15, 0.2) is 0 Å². The monoisotopic (exact) mass is 608 g/mol. The highest BCUT2D eigenvalue weighted by Gasteiger charge is 2.19. The number of hydrogen-bond acceptors (Lipinski definition) is 1. The zero-order valence-corrected chi connectivity index (χ0v) is 24.9. The molecule has 0 aliphatic carbocycles. The third-order valence-electron chi connectivity index (χ3n) is 8.55. The highest BCUT2D eigenvalue weighted by atomic mass is 15.1.